The highest BCUT2D eigenvalue weighted by Gasteiger charge is 2.12. The van der Waals surface area contributed by atoms with Crippen molar-refractivity contribution in [3.63, 3.8) is 0 Å². The van der Waals surface area contributed by atoms with Crippen molar-refractivity contribution in [3.8, 4) is 23.0 Å². The Balaban J connectivity index is 1.71. The zero-order valence-corrected chi connectivity index (χ0v) is 19.6. The van der Waals surface area contributed by atoms with Crippen LogP contribution >= 0.6 is 0 Å². The smallest absolute Gasteiger partial charge is 0.248 e. The van der Waals surface area contributed by atoms with Gasteiger partial charge in [0, 0.05) is 11.8 Å². The topological polar surface area (TPSA) is 92.0 Å². The molecule has 7 nitrogen and oxygen atoms in total. The van der Waals surface area contributed by atoms with Gasteiger partial charge in [-0.1, -0.05) is 30.4 Å². The Bertz CT molecular complexity index is 1190. The molecule has 0 saturated carbocycles. The molecule has 0 radical (unpaired) electrons. The highest BCUT2D eigenvalue weighted by atomic mass is 16.5. The summed E-state index contributed by atoms with van der Waals surface area (Å²) in [5.74, 6) is 2.01. The molecule has 0 aliphatic heterocycles. The fourth-order valence-electron chi connectivity index (χ4n) is 3.30. The fraction of sp³-hybridized carbons (Fsp3) is 0.148. The van der Waals surface area contributed by atoms with Crippen LogP contribution in [0, 0.1) is 0 Å². The lowest BCUT2D eigenvalue weighted by molar-refractivity contribution is -0.111. The van der Waals surface area contributed by atoms with Crippen molar-refractivity contribution in [2.45, 2.75) is 0 Å². The average Bonchev–Trinajstić information content (AvgIpc) is 2.86. The van der Waals surface area contributed by atoms with E-state index in [1.54, 1.807) is 46.6 Å². The molecule has 176 valence electrons. The van der Waals surface area contributed by atoms with Crippen molar-refractivity contribution in [1.29, 1.82) is 0 Å². The Hall–Kier alpha value is -4.39. The third-order valence-corrected chi connectivity index (χ3v) is 4.99. The predicted molar refractivity (Wildman–Crippen MR) is 137 cm³/mol. The summed E-state index contributed by atoms with van der Waals surface area (Å²) in [5, 5.41) is 2.87. The molecule has 0 aliphatic carbocycles. The Morgan fingerprint density at radius 2 is 1.35 bits per heavy atom. The van der Waals surface area contributed by atoms with Crippen molar-refractivity contribution in [1.82, 2.24) is 0 Å². The molecule has 0 saturated heterocycles. The number of methoxy groups -OCH3 is 4. The fourth-order valence-corrected chi connectivity index (χ4v) is 3.30. The lowest BCUT2D eigenvalue weighted by atomic mass is 10.1. The van der Waals surface area contributed by atoms with Gasteiger partial charge in [-0.25, -0.2) is 0 Å². The summed E-state index contributed by atoms with van der Waals surface area (Å²) < 4.78 is 21.4. The van der Waals surface area contributed by atoms with Crippen molar-refractivity contribution in [2.75, 3.05) is 39.5 Å². The van der Waals surface area contributed by atoms with Crippen molar-refractivity contribution >= 4 is 35.5 Å². The maximum Gasteiger partial charge on any atom is 0.248 e. The van der Waals surface area contributed by atoms with Gasteiger partial charge >= 0.3 is 0 Å². The predicted octanol–water partition coefficient (Wildman–Crippen LogP) is 5.13. The Kier molecular flexibility index (Phi) is 8.18. The summed E-state index contributed by atoms with van der Waals surface area (Å²) in [7, 11) is 6.27. The van der Waals surface area contributed by atoms with E-state index in [1.165, 1.54) is 6.08 Å². The molecule has 3 aromatic carbocycles. The summed E-state index contributed by atoms with van der Waals surface area (Å²) >= 11 is 0. The molecule has 0 fully saturated rings. The number of nitrogens with one attached hydrogen (secondary N) is 1. The van der Waals surface area contributed by atoms with Crippen LogP contribution in [-0.4, -0.2) is 34.3 Å². The first-order valence-electron chi connectivity index (χ1n) is 10.5. The lowest BCUT2D eigenvalue weighted by Crippen LogP contribution is -2.07. The maximum atomic E-state index is 12.4. The first-order chi connectivity index (χ1) is 16.5. The van der Waals surface area contributed by atoms with Crippen LogP contribution in [0.4, 0.5) is 11.4 Å². The van der Waals surface area contributed by atoms with E-state index < -0.39 is 0 Å². The number of carbonyl (C=O) groups is 1. The molecule has 0 bridgehead atoms. The van der Waals surface area contributed by atoms with Gasteiger partial charge in [0.25, 0.3) is 0 Å². The molecular weight excluding hydrogens is 432 g/mol. The molecule has 7 heteroatoms. The number of nitrogens with two attached hydrogens (primary N) is 1. The molecule has 1 amide bonds. The first-order valence-corrected chi connectivity index (χ1v) is 10.5. The SMILES string of the molecule is COc1cc(/C=C/C(=O)Nc2cccc(C=Cc3cc(OC)c(OC)c(OC)c3)c2)ccc1N. The van der Waals surface area contributed by atoms with Crippen LogP contribution in [0.3, 0.4) is 0 Å². The van der Waals surface area contributed by atoms with Crippen molar-refractivity contribution < 1.29 is 23.7 Å². The molecule has 34 heavy (non-hydrogen) atoms. The van der Waals surface area contributed by atoms with E-state index in [9.17, 15) is 4.79 Å². The standard InChI is InChI=1S/C27H28N2O5/c1-31-23-15-19(10-12-22(23)28)11-13-26(30)29-21-7-5-6-18(14-21)8-9-20-16-24(32-2)27(34-4)25(17-20)33-3/h5-17H,28H2,1-4H3,(H,29,30)/b9-8?,13-11+. The molecule has 3 rings (SSSR count). The molecule has 0 atom stereocenters. The number of amides is 1. The molecule has 0 spiro atoms. The lowest BCUT2D eigenvalue weighted by Gasteiger charge is -2.12. The molecule has 0 heterocycles. The normalized spacial score (nSPS) is 10.9. The zero-order chi connectivity index (χ0) is 24.5. The molecule has 3 aromatic rings. The summed E-state index contributed by atoms with van der Waals surface area (Å²) in [6, 6.07) is 16.6. The van der Waals surface area contributed by atoms with Crippen LogP contribution in [0.5, 0.6) is 23.0 Å². The van der Waals surface area contributed by atoms with Gasteiger partial charge in [0.2, 0.25) is 11.7 Å². The Morgan fingerprint density at radius 3 is 2.00 bits per heavy atom. The highest BCUT2D eigenvalue weighted by molar-refractivity contribution is 6.02. The highest BCUT2D eigenvalue weighted by Crippen LogP contribution is 2.38. The minimum Gasteiger partial charge on any atom is -0.495 e. The van der Waals surface area contributed by atoms with Crippen molar-refractivity contribution in [2.24, 2.45) is 0 Å². The number of nitrogen functional groups attached to an aromatic ring is 1. The minimum absolute atomic E-state index is 0.249. The van der Waals surface area contributed by atoms with Gasteiger partial charge in [0.15, 0.2) is 11.5 Å². The summed E-state index contributed by atoms with van der Waals surface area (Å²) in [6.45, 7) is 0. The number of hydrogen-bond donors (Lipinski definition) is 2. The summed E-state index contributed by atoms with van der Waals surface area (Å²) in [6.07, 6.45) is 7.03. The molecule has 3 N–H and O–H groups in total. The van der Waals surface area contributed by atoms with Crippen molar-refractivity contribution in [3.05, 3.63) is 77.4 Å². The van der Waals surface area contributed by atoms with Crippen LogP contribution in [0.2, 0.25) is 0 Å². The first kappa shape index (κ1) is 24.3. The van der Waals surface area contributed by atoms with E-state index in [-0.39, 0.29) is 5.91 Å². The number of rotatable bonds is 9. The van der Waals surface area contributed by atoms with Gasteiger partial charge < -0.3 is 30.0 Å². The monoisotopic (exact) mass is 460 g/mol. The third kappa shape index (κ3) is 6.10. The second-order valence-electron chi connectivity index (χ2n) is 7.24. The van der Waals surface area contributed by atoms with Gasteiger partial charge in [0.1, 0.15) is 5.75 Å². The number of anilines is 2. The molecular formula is C27H28N2O5. The van der Waals surface area contributed by atoms with E-state index >= 15 is 0 Å². The van der Waals surface area contributed by atoms with Gasteiger partial charge in [-0.15, -0.1) is 0 Å². The molecule has 0 aromatic heterocycles. The van der Waals surface area contributed by atoms with Gasteiger partial charge in [0.05, 0.1) is 34.1 Å². The summed E-state index contributed by atoms with van der Waals surface area (Å²) in [4.78, 5) is 12.4. The Labute approximate surface area is 199 Å². The third-order valence-electron chi connectivity index (χ3n) is 4.99. The van der Waals surface area contributed by atoms with E-state index in [0.29, 0.717) is 34.4 Å². The second kappa shape index (κ2) is 11.5. The van der Waals surface area contributed by atoms with Gasteiger partial charge in [-0.3, -0.25) is 4.79 Å². The largest absolute Gasteiger partial charge is 0.495 e. The summed E-state index contributed by atoms with van der Waals surface area (Å²) in [5.41, 5.74) is 9.65. The second-order valence-corrected chi connectivity index (χ2v) is 7.24. The van der Waals surface area contributed by atoms with Gasteiger partial charge in [-0.2, -0.15) is 0 Å². The number of hydrogen-bond acceptors (Lipinski definition) is 6. The van der Waals surface area contributed by atoms with E-state index in [2.05, 4.69) is 5.32 Å². The Morgan fingerprint density at radius 1 is 0.735 bits per heavy atom. The quantitative estimate of drug-likeness (QED) is 0.261. The average molecular weight is 461 g/mol. The number of ether oxygens (including phenoxy) is 4. The van der Waals surface area contributed by atoms with E-state index in [4.69, 9.17) is 24.7 Å². The number of carbonyl (C=O) groups excluding carboxylic acids is 1. The van der Waals surface area contributed by atoms with Crippen LogP contribution in [0.1, 0.15) is 16.7 Å². The van der Waals surface area contributed by atoms with E-state index in [0.717, 1.165) is 16.7 Å². The zero-order valence-electron chi connectivity index (χ0n) is 19.6. The van der Waals surface area contributed by atoms with E-state index in [1.807, 2.05) is 54.6 Å². The minimum atomic E-state index is -0.249. The number of benzene rings is 3. The maximum absolute atomic E-state index is 12.4. The van der Waals surface area contributed by atoms with Gasteiger partial charge in [-0.05, 0) is 59.2 Å². The van der Waals surface area contributed by atoms with Crippen LogP contribution in [0.25, 0.3) is 18.2 Å². The molecule has 0 unspecified atom stereocenters. The molecule has 0 aliphatic rings. The van der Waals surface area contributed by atoms with Crippen LogP contribution in [0.15, 0.2) is 60.7 Å². The van der Waals surface area contributed by atoms with Crippen LogP contribution < -0.4 is 30.0 Å². The van der Waals surface area contributed by atoms with Crippen LogP contribution in [-0.2, 0) is 4.79 Å².